The van der Waals surface area contributed by atoms with Gasteiger partial charge in [0.25, 0.3) is 0 Å². The quantitative estimate of drug-likeness (QED) is 0.270. The second kappa shape index (κ2) is 5.16. The average molecular weight is 359 g/mol. The maximum absolute atomic E-state index is 12.6. The van der Waals surface area contributed by atoms with Gasteiger partial charge in [0.15, 0.2) is 0 Å². The van der Waals surface area contributed by atoms with E-state index in [1.165, 1.54) is 23.7 Å². The number of carbonyl (C=O) groups excluding carboxylic acids is 1. The molecular weight excluding hydrogens is 338 g/mol. The molecule has 0 amide bonds. The molecule has 8 nitrogen and oxygen atoms in total. The predicted molar refractivity (Wildman–Crippen MR) is 89.1 cm³/mol. The van der Waals surface area contributed by atoms with E-state index in [1.807, 2.05) is 0 Å². The van der Waals surface area contributed by atoms with Crippen LogP contribution in [-0.4, -0.2) is 38.3 Å². The number of imidazole rings is 1. The third-order valence-corrected chi connectivity index (χ3v) is 6.81. The van der Waals surface area contributed by atoms with Gasteiger partial charge in [-0.15, -0.1) is 0 Å². The summed E-state index contributed by atoms with van der Waals surface area (Å²) in [6.45, 7) is 4.68. The zero-order valence-corrected chi connectivity index (χ0v) is 14.8. The molecule has 2 aliphatic carbocycles. The number of nitrogens with zero attached hydrogens (tertiary/aromatic N) is 3. The zero-order valence-electron chi connectivity index (χ0n) is 14.8. The van der Waals surface area contributed by atoms with Crippen molar-refractivity contribution < 1.29 is 19.2 Å². The van der Waals surface area contributed by atoms with Crippen LogP contribution in [0.15, 0.2) is 23.7 Å². The lowest BCUT2D eigenvalue weighted by atomic mass is 9.78. The van der Waals surface area contributed by atoms with Crippen molar-refractivity contribution >= 4 is 11.8 Å². The number of rotatable bonds is 3. The van der Waals surface area contributed by atoms with Gasteiger partial charge < -0.3 is 24.2 Å². The first kappa shape index (κ1) is 16.0. The number of epoxide rings is 1. The largest absolute Gasteiger partial charge is 0.461 e. The minimum Gasteiger partial charge on any atom is -0.461 e. The van der Waals surface area contributed by atoms with E-state index >= 15 is 0 Å². The fourth-order valence-corrected chi connectivity index (χ4v) is 5.34. The summed E-state index contributed by atoms with van der Waals surface area (Å²) in [5, 5.41) is 10.8. The van der Waals surface area contributed by atoms with Crippen LogP contribution in [0.3, 0.4) is 0 Å². The number of allylic oxidation sites excluding steroid dienone is 1. The second-order valence-electron chi connectivity index (χ2n) is 8.17. The van der Waals surface area contributed by atoms with E-state index in [9.17, 15) is 14.9 Å². The van der Waals surface area contributed by atoms with Crippen LogP contribution in [0.5, 0.6) is 0 Å². The van der Waals surface area contributed by atoms with Gasteiger partial charge in [0.05, 0.1) is 12.0 Å². The molecule has 26 heavy (non-hydrogen) atoms. The van der Waals surface area contributed by atoms with Gasteiger partial charge in [-0.3, -0.25) is 4.79 Å². The first-order valence-electron chi connectivity index (χ1n) is 9.11. The fraction of sp³-hybridized carbons (Fsp3) is 0.667. The standard InChI is InChI=1S/C18H21N3O5/c1-9-3-4-10-12(6-20-7-14(19-8-20)21(23)24)17(22)25-16(10)15-11(9)5-13-18(15,2)26-13/h7-8,10,12-13,15-16H,3-6H2,1-2H3/t10-,12-,13+,15-,16-,18+/m0/s1. The topological polar surface area (TPSA) is 99.8 Å². The number of esters is 1. The van der Waals surface area contributed by atoms with E-state index in [-0.39, 0.29) is 47.3 Å². The lowest BCUT2D eigenvalue weighted by Crippen LogP contribution is -2.36. The number of carbonyl (C=O) groups is 1. The Labute approximate surface area is 150 Å². The maximum Gasteiger partial charge on any atom is 0.381 e. The van der Waals surface area contributed by atoms with Crippen molar-refractivity contribution in [3.8, 4) is 0 Å². The van der Waals surface area contributed by atoms with Gasteiger partial charge in [0, 0.05) is 18.4 Å². The second-order valence-corrected chi connectivity index (χ2v) is 8.17. The molecule has 6 atom stereocenters. The highest BCUT2D eigenvalue weighted by atomic mass is 16.6. The van der Waals surface area contributed by atoms with Crippen molar-refractivity contribution in [2.45, 2.75) is 57.5 Å². The molecule has 4 aliphatic rings. The van der Waals surface area contributed by atoms with Crippen LogP contribution >= 0.6 is 0 Å². The Hall–Kier alpha value is -2.22. The summed E-state index contributed by atoms with van der Waals surface area (Å²) in [4.78, 5) is 26.7. The molecule has 0 N–H and O–H groups in total. The van der Waals surface area contributed by atoms with Gasteiger partial charge in [0.1, 0.15) is 17.9 Å². The summed E-state index contributed by atoms with van der Waals surface area (Å²) in [6.07, 6.45) is 5.70. The Kier molecular flexibility index (Phi) is 3.17. The van der Waals surface area contributed by atoms with Crippen molar-refractivity contribution in [3.05, 3.63) is 33.8 Å². The Morgan fingerprint density at radius 3 is 3.04 bits per heavy atom. The predicted octanol–water partition coefficient (Wildman–Crippen LogP) is 2.24. The van der Waals surface area contributed by atoms with Crippen LogP contribution in [0, 0.1) is 27.9 Å². The van der Waals surface area contributed by atoms with Crippen LogP contribution < -0.4 is 0 Å². The molecule has 0 radical (unpaired) electrons. The van der Waals surface area contributed by atoms with Crippen LogP contribution in [0.4, 0.5) is 5.82 Å². The first-order valence-corrected chi connectivity index (χ1v) is 9.11. The smallest absolute Gasteiger partial charge is 0.381 e. The van der Waals surface area contributed by atoms with Gasteiger partial charge in [0.2, 0.25) is 6.33 Å². The van der Waals surface area contributed by atoms with E-state index in [0.717, 1.165) is 19.3 Å². The van der Waals surface area contributed by atoms with Crippen molar-refractivity contribution in [3.63, 3.8) is 0 Å². The SMILES string of the molecule is CC1=C2C[C@H]3O[C@@]3(C)[C@@H]2[C@H]2OC(=O)[C@@H](Cn3cnc([N+](=O)[O-])c3)[C@@H]2CC1. The number of aromatic nitrogens is 2. The molecule has 0 unspecified atom stereocenters. The van der Waals surface area contributed by atoms with Gasteiger partial charge in [-0.25, -0.2) is 0 Å². The van der Waals surface area contributed by atoms with E-state index < -0.39 is 4.92 Å². The molecule has 0 spiro atoms. The Bertz CT molecular complexity index is 846. The van der Waals surface area contributed by atoms with Crippen LogP contribution in [0.1, 0.15) is 33.1 Å². The normalized spacial score (nSPS) is 40.5. The molecule has 2 aliphatic heterocycles. The van der Waals surface area contributed by atoms with Crippen molar-refractivity contribution in [2.24, 2.45) is 17.8 Å². The van der Waals surface area contributed by atoms with E-state index in [4.69, 9.17) is 9.47 Å². The highest BCUT2D eigenvalue weighted by molar-refractivity contribution is 5.75. The van der Waals surface area contributed by atoms with Crippen molar-refractivity contribution in [1.29, 1.82) is 0 Å². The number of fused-ring (bicyclic) bond motifs is 5. The summed E-state index contributed by atoms with van der Waals surface area (Å²) in [7, 11) is 0. The average Bonchev–Trinajstić information content (AvgIpc) is 2.89. The minimum atomic E-state index is -0.526. The van der Waals surface area contributed by atoms with Crippen LogP contribution in [-0.2, 0) is 20.8 Å². The molecule has 138 valence electrons. The third-order valence-electron chi connectivity index (χ3n) is 6.81. The molecule has 2 saturated heterocycles. The molecule has 1 aromatic rings. The summed E-state index contributed by atoms with van der Waals surface area (Å²) in [5.74, 6) is -0.469. The number of hydrogen-bond donors (Lipinski definition) is 0. The van der Waals surface area contributed by atoms with Gasteiger partial charge in [-0.2, -0.15) is 0 Å². The molecule has 1 saturated carbocycles. The number of hydrogen-bond acceptors (Lipinski definition) is 6. The monoisotopic (exact) mass is 359 g/mol. The molecular formula is C18H21N3O5. The third kappa shape index (κ3) is 2.11. The van der Waals surface area contributed by atoms with Gasteiger partial charge in [-0.05, 0) is 43.0 Å². The maximum atomic E-state index is 12.6. The lowest BCUT2D eigenvalue weighted by molar-refractivity contribution is -0.389. The Balaban J connectivity index is 1.43. The fourth-order valence-electron chi connectivity index (χ4n) is 5.34. The minimum absolute atomic E-state index is 0.0983. The van der Waals surface area contributed by atoms with Crippen molar-refractivity contribution in [1.82, 2.24) is 9.55 Å². The summed E-state index contributed by atoms with van der Waals surface area (Å²) >= 11 is 0. The van der Waals surface area contributed by atoms with E-state index in [1.54, 1.807) is 4.57 Å². The Morgan fingerprint density at radius 2 is 2.31 bits per heavy atom. The molecule has 5 rings (SSSR count). The molecule has 1 aromatic heterocycles. The molecule has 0 aromatic carbocycles. The van der Waals surface area contributed by atoms with Gasteiger partial charge in [-0.1, -0.05) is 11.1 Å². The van der Waals surface area contributed by atoms with Crippen LogP contribution in [0.2, 0.25) is 0 Å². The lowest BCUT2D eigenvalue weighted by Gasteiger charge is -2.28. The van der Waals surface area contributed by atoms with Crippen LogP contribution in [0.25, 0.3) is 0 Å². The Morgan fingerprint density at radius 1 is 1.50 bits per heavy atom. The zero-order chi connectivity index (χ0) is 18.2. The number of nitro groups is 1. The summed E-state index contributed by atoms with van der Waals surface area (Å²) in [5.41, 5.74) is 2.63. The summed E-state index contributed by atoms with van der Waals surface area (Å²) in [6, 6.07) is 0. The first-order chi connectivity index (χ1) is 12.4. The molecule has 0 bridgehead atoms. The van der Waals surface area contributed by atoms with E-state index in [2.05, 4.69) is 18.8 Å². The van der Waals surface area contributed by atoms with Gasteiger partial charge >= 0.3 is 11.8 Å². The highest BCUT2D eigenvalue weighted by Gasteiger charge is 2.69. The van der Waals surface area contributed by atoms with E-state index in [0.29, 0.717) is 6.54 Å². The van der Waals surface area contributed by atoms with Crippen molar-refractivity contribution in [2.75, 3.05) is 0 Å². The molecule has 3 fully saturated rings. The molecule has 8 heteroatoms. The molecule has 3 heterocycles. The highest BCUT2D eigenvalue weighted by Crippen LogP contribution is 2.62. The summed E-state index contributed by atoms with van der Waals surface area (Å²) < 4.78 is 13.4. The number of ether oxygens (including phenoxy) is 2.